The maximum atomic E-state index is 5.93. The van der Waals surface area contributed by atoms with Crippen molar-refractivity contribution in [3.8, 4) is 11.3 Å². The molecule has 2 N–H and O–H groups in total. The number of benzene rings is 2. The maximum absolute atomic E-state index is 5.93. The Labute approximate surface area is 121 Å². The normalized spacial score (nSPS) is 11.0. The van der Waals surface area contributed by atoms with Gasteiger partial charge < -0.3 is 5.73 Å². The molecule has 0 fully saturated rings. The molecule has 0 saturated carbocycles. The van der Waals surface area contributed by atoms with E-state index in [4.69, 9.17) is 5.73 Å². The van der Waals surface area contributed by atoms with Crippen LogP contribution in [0.5, 0.6) is 0 Å². The highest BCUT2D eigenvalue weighted by Crippen LogP contribution is 2.32. The Morgan fingerprint density at radius 2 is 1.62 bits per heavy atom. The molecule has 4 nitrogen and oxygen atoms in total. The summed E-state index contributed by atoms with van der Waals surface area (Å²) in [5.74, 6) is 0.452. The maximum Gasteiger partial charge on any atom is 0.154 e. The molecule has 0 radical (unpaired) electrons. The van der Waals surface area contributed by atoms with Crippen LogP contribution in [0.2, 0.25) is 0 Å². The summed E-state index contributed by atoms with van der Waals surface area (Å²) < 4.78 is 0. The van der Waals surface area contributed by atoms with Crippen molar-refractivity contribution in [1.82, 2.24) is 15.2 Å². The Hall–Kier alpha value is -3.01. The van der Waals surface area contributed by atoms with E-state index in [-0.39, 0.29) is 0 Å². The van der Waals surface area contributed by atoms with Gasteiger partial charge >= 0.3 is 0 Å². The molecule has 0 aliphatic rings. The van der Waals surface area contributed by atoms with Gasteiger partial charge in [0.25, 0.3) is 0 Å². The van der Waals surface area contributed by atoms with Gasteiger partial charge in [0.2, 0.25) is 0 Å². The highest BCUT2D eigenvalue weighted by Gasteiger charge is 2.11. The zero-order valence-electron chi connectivity index (χ0n) is 11.2. The van der Waals surface area contributed by atoms with Crippen molar-refractivity contribution in [2.45, 2.75) is 0 Å². The lowest BCUT2D eigenvalue weighted by Gasteiger charge is -2.09. The van der Waals surface area contributed by atoms with Crippen LogP contribution in [-0.4, -0.2) is 15.2 Å². The van der Waals surface area contributed by atoms with E-state index in [0.717, 1.165) is 32.8 Å². The summed E-state index contributed by atoms with van der Waals surface area (Å²) in [6.45, 7) is 0. The average molecular weight is 272 g/mol. The highest BCUT2D eigenvalue weighted by molar-refractivity contribution is 6.05. The molecule has 4 aromatic rings. The van der Waals surface area contributed by atoms with Crippen molar-refractivity contribution in [1.29, 1.82) is 0 Å². The Bertz CT molecular complexity index is 958. The van der Waals surface area contributed by atoms with Crippen molar-refractivity contribution in [3.05, 3.63) is 60.9 Å². The lowest BCUT2D eigenvalue weighted by atomic mass is 10.00. The van der Waals surface area contributed by atoms with Gasteiger partial charge in [-0.05, 0) is 11.5 Å². The molecule has 2 aromatic carbocycles. The molecule has 0 bridgehead atoms. The van der Waals surface area contributed by atoms with Crippen molar-refractivity contribution in [3.63, 3.8) is 0 Å². The number of nitrogens with zero attached hydrogens (tertiary/aromatic N) is 3. The molecule has 0 aliphatic heterocycles. The number of hydrogen-bond acceptors (Lipinski definition) is 4. The van der Waals surface area contributed by atoms with Crippen LogP contribution in [0.3, 0.4) is 0 Å². The minimum absolute atomic E-state index is 0.452. The third kappa shape index (κ3) is 1.80. The predicted molar refractivity (Wildman–Crippen MR) is 84.7 cm³/mol. The molecule has 4 rings (SSSR count). The average Bonchev–Trinajstić information content (AvgIpc) is 2.55. The summed E-state index contributed by atoms with van der Waals surface area (Å²) in [4.78, 5) is 4.22. The van der Waals surface area contributed by atoms with E-state index >= 15 is 0 Å². The Balaban J connectivity index is 2.13. The number of hydrogen-bond donors (Lipinski definition) is 1. The SMILES string of the molecule is Nc1nnc(-c2cccc3ccncc23)c2ccccc12. The first kappa shape index (κ1) is 11.8. The van der Waals surface area contributed by atoms with Gasteiger partial charge in [-0.25, -0.2) is 0 Å². The Morgan fingerprint density at radius 3 is 2.52 bits per heavy atom. The second-order valence-electron chi connectivity index (χ2n) is 4.88. The Morgan fingerprint density at radius 1 is 0.762 bits per heavy atom. The van der Waals surface area contributed by atoms with E-state index in [2.05, 4.69) is 21.2 Å². The second kappa shape index (κ2) is 4.52. The molecule has 2 heterocycles. The number of pyridine rings is 1. The summed E-state index contributed by atoms with van der Waals surface area (Å²) in [5, 5.41) is 12.5. The first-order valence-electron chi connectivity index (χ1n) is 6.68. The molecule has 0 atom stereocenters. The van der Waals surface area contributed by atoms with Crippen LogP contribution in [0, 0.1) is 0 Å². The summed E-state index contributed by atoms with van der Waals surface area (Å²) in [5.41, 5.74) is 7.78. The van der Waals surface area contributed by atoms with Crippen LogP contribution in [0.15, 0.2) is 60.9 Å². The number of nitrogen functional groups attached to an aromatic ring is 1. The predicted octanol–water partition coefficient (Wildman–Crippen LogP) is 3.43. The fourth-order valence-corrected chi connectivity index (χ4v) is 2.64. The lowest BCUT2D eigenvalue weighted by molar-refractivity contribution is 1.07. The van der Waals surface area contributed by atoms with Gasteiger partial charge in [0, 0.05) is 34.1 Å². The fourth-order valence-electron chi connectivity index (χ4n) is 2.64. The lowest BCUT2D eigenvalue weighted by Crippen LogP contribution is -1.97. The standard InChI is InChI=1S/C17H12N4/c18-17-14-6-2-1-5-12(14)16(20-21-17)13-7-3-4-11-8-9-19-10-15(11)13/h1-10H,(H2,18,21). The van der Waals surface area contributed by atoms with Crippen LogP contribution in [0.25, 0.3) is 32.8 Å². The van der Waals surface area contributed by atoms with Crippen molar-refractivity contribution < 1.29 is 0 Å². The molecule has 0 spiro atoms. The largest absolute Gasteiger partial charge is 0.382 e. The third-order valence-electron chi connectivity index (χ3n) is 3.65. The summed E-state index contributed by atoms with van der Waals surface area (Å²) in [7, 11) is 0. The number of fused-ring (bicyclic) bond motifs is 2. The van der Waals surface area contributed by atoms with Crippen LogP contribution in [0.1, 0.15) is 0 Å². The minimum atomic E-state index is 0.452. The molecule has 0 unspecified atom stereocenters. The van der Waals surface area contributed by atoms with Crippen LogP contribution < -0.4 is 5.73 Å². The molecular formula is C17H12N4. The number of nitrogens with two attached hydrogens (primary N) is 1. The van der Waals surface area contributed by atoms with Gasteiger partial charge in [0.15, 0.2) is 5.82 Å². The molecule has 2 aromatic heterocycles. The van der Waals surface area contributed by atoms with E-state index in [0.29, 0.717) is 5.82 Å². The zero-order chi connectivity index (χ0) is 14.2. The molecule has 100 valence electrons. The summed E-state index contributed by atoms with van der Waals surface area (Å²) >= 11 is 0. The topological polar surface area (TPSA) is 64.7 Å². The van der Waals surface area contributed by atoms with Crippen molar-refractivity contribution in [2.24, 2.45) is 0 Å². The van der Waals surface area contributed by atoms with Gasteiger partial charge in [-0.15, -0.1) is 10.2 Å². The zero-order valence-corrected chi connectivity index (χ0v) is 11.2. The number of aromatic nitrogens is 3. The number of rotatable bonds is 1. The van der Waals surface area contributed by atoms with E-state index in [1.165, 1.54) is 0 Å². The molecule has 0 saturated heterocycles. The molecule has 0 amide bonds. The second-order valence-corrected chi connectivity index (χ2v) is 4.88. The molecule has 0 aliphatic carbocycles. The third-order valence-corrected chi connectivity index (χ3v) is 3.65. The summed E-state index contributed by atoms with van der Waals surface area (Å²) in [6.07, 6.45) is 3.65. The summed E-state index contributed by atoms with van der Waals surface area (Å²) in [6, 6.07) is 16.0. The highest BCUT2D eigenvalue weighted by atomic mass is 15.1. The van der Waals surface area contributed by atoms with Gasteiger partial charge in [-0.3, -0.25) is 4.98 Å². The first-order chi connectivity index (χ1) is 10.3. The molecule has 21 heavy (non-hydrogen) atoms. The Kier molecular flexibility index (Phi) is 2.54. The fraction of sp³-hybridized carbons (Fsp3) is 0. The number of anilines is 1. The van der Waals surface area contributed by atoms with E-state index in [1.807, 2.05) is 48.7 Å². The molecular weight excluding hydrogens is 260 g/mol. The van der Waals surface area contributed by atoms with Gasteiger partial charge in [-0.1, -0.05) is 42.5 Å². The first-order valence-corrected chi connectivity index (χ1v) is 6.68. The quantitative estimate of drug-likeness (QED) is 0.576. The van der Waals surface area contributed by atoms with Gasteiger partial charge in [0.05, 0.1) is 0 Å². The van der Waals surface area contributed by atoms with E-state index in [1.54, 1.807) is 6.20 Å². The minimum Gasteiger partial charge on any atom is -0.382 e. The smallest absolute Gasteiger partial charge is 0.154 e. The van der Waals surface area contributed by atoms with Gasteiger partial charge in [-0.2, -0.15) is 0 Å². The van der Waals surface area contributed by atoms with E-state index in [9.17, 15) is 0 Å². The van der Waals surface area contributed by atoms with Crippen LogP contribution >= 0.6 is 0 Å². The van der Waals surface area contributed by atoms with Crippen LogP contribution in [-0.2, 0) is 0 Å². The van der Waals surface area contributed by atoms with Crippen molar-refractivity contribution >= 4 is 27.4 Å². The van der Waals surface area contributed by atoms with Gasteiger partial charge in [0.1, 0.15) is 5.69 Å². The van der Waals surface area contributed by atoms with Crippen molar-refractivity contribution in [2.75, 3.05) is 5.73 Å². The van der Waals surface area contributed by atoms with E-state index < -0.39 is 0 Å². The molecule has 4 heteroatoms. The monoisotopic (exact) mass is 272 g/mol. The van der Waals surface area contributed by atoms with Crippen LogP contribution in [0.4, 0.5) is 5.82 Å².